The van der Waals surface area contributed by atoms with Crippen LogP contribution < -0.4 is 0 Å². The Labute approximate surface area is 121 Å². The second-order valence-electron chi connectivity index (χ2n) is 4.97. The van der Waals surface area contributed by atoms with E-state index in [-0.39, 0.29) is 5.91 Å². The topological polar surface area (TPSA) is 49.6 Å². The van der Waals surface area contributed by atoms with E-state index in [1.54, 1.807) is 17.6 Å². The fraction of sp³-hybridized carbons (Fsp3) is 0.429. The number of aryl methyl sites for hydroxylation is 1. The molecule has 0 aromatic carbocycles. The van der Waals surface area contributed by atoms with E-state index in [0.717, 1.165) is 43.3 Å². The van der Waals surface area contributed by atoms with Crippen molar-refractivity contribution in [2.45, 2.75) is 13.5 Å². The van der Waals surface area contributed by atoms with Gasteiger partial charge in [0.05, 0.1) is 10.6 Å². The maximum atomic E-state index is 12.3. The molecule has 1 aliphatic rings. The third-order valence-corrected chi connectivity index (χ3v) is 4.48. The monoisotopic (exact) mass is 291 g/mol. The minimum Gasteiger partial charge on any atom is -0.364 e. The molecule has 3 rings (SSSR count). The summed E-state index contributed by atoms with van der Waals surface area (Å²) in [4.78, 5) is 18.6. The molecule has 20 heavy (non-hydrogen) atoms. The van der Waals surface area contributed by atoms with Gasteiger partial charge in [-0.3, -0.25) is 9.69 Å². The largest absolute Gasteiger partial charge is 0.364 e. The third-order valence-electron chi connectivity index (χ3n) is 3.49. The van der Waals surface area contributed by atoms with Gasteiger partial charge in [0.1, 0.15) is 6.26 Å². The molecule has 1 fully saturated rings. The maximum absolute atomic E-state index is 12.3. The first-order valence-electron chi connectivity index (χ1n) is 6.70. The molecule has 0 bridgehead atoms. The lowest BCUT2D eigenvalue weighted by atomic mass is 10.2. The van der Waals surface area contributed by atoms with Gasteiger partial charge in [-0.2, -0.15) is 0 Å². The van der Waals surface area contributed by atoms with Gasteiger partial charge >= 0.3 is 0 Å². The summed E-state index contributed by atoms with van der Waals surface area (Å²) in [5, 5.41) is 3.92. The fourth-order valence-corrected chi connectivity index (χ4v) is 3.20. The second kappa shape index (κ2) is 5.76. The van der Waals surface area contributed by atoms with E-state index in [1.807, 2.05) is 30.0 Å². The highest BCUT2D eigenvalue weighted by atomic mass is 32.1. The Kier molecular flexibility index (Phi) is 3.84. The Hall–Kier alpha value is -1.66. The van der Waals surface area contributed by atoms with Crippen LogP contribution in [-0.4, -0.2) is 47.0 Å². The van der Waals surface area contributed by atoms with Crippen LogP contribution in [0.5, 0.6) is 0 Å². The smallest absolute Gasteiger partial charge is 0.264 e. The minimum atomic E-state index is 0.157. The number of carbonyl (C=O) groups is 1. The summed E-state index contributed by atoms with van der Waals surface area (Å²) in [6, 6.07) is 5.80. The number of carbonyl (C=O) groups excluding carboxylic acids is 1. The summed E-state index contributed by atoms with van der Waals surface area (Å²) < 4.78 is 4.84. The molecular formula is C14H17N3O2S. The van der Waals surface area contributed by atoms with Gasteiger partial charge in [-0.1, -0.05) is 5.16 Å². The second-order valence-corrected chi connectivity index (χ2v) is 6.26. The number of nitrogens with zero attached hydrogens (tertiary/aromatic N) is 3. The quantitative estimate of drug-likeness (QED) is 0.868. The molecule has 0 radical (unpaired) electrons. The zero-order chi connectivity index (χ0) is 13.9. The molecule has 5 nitrogen and oxygen atoms in total. The number of rotatable bonds is 3. The summed E-state index contributed by atoms with van der Waals surface area (Å²) in [7, 11) is 0. The van der Waals surface area contributed by atoms with Gasteiger partial charge in [0.25, 0.3) is 5.91 Å². The lowest BCUT2D eigenvalue weighted by Gasteiger charge is -2.34. The summed E-state index contributed by atoms with van der Waals surface area (Å²) >= 11 is 1.57. The predicted molar refractivity (Wildman–Crippen MR) is 76.7 cm³/mol. The molecule has 0 saturated carbocycles. The molecule has 0 unspecified atom stereocenters. The zero-order valence-corrected chi connectivity index (χ0v) is 12.2. The van der Waals surface area contributed by atoms with Gasteiger partial charge in [0, 0.05) is 43.7 Å². The van der Waals surface area contributed by atoms with Gasteiger partial charge in [-0.15, -0.1) is 11.3 Å². The van der Waals surface area contributed by atoms with Crippen LogP contribution in [0.3, 0.4) is 0 Å². The molecular weight excluding hydrogens is 274 g/mol. The summed E-state index contributed by atoms with van der Waals surface area (Å²) in [6.07, 6.45) is 1.59. The van der Waals surface area contributed by atoms with Crippen molar-refractivity contribution in [3.8, 4) is 0 Å². The molecule has 106 valence electrons. The highest BCUT2D eigenvalue weighted by Crippen LogP contribution is 2.18. The Morgan fingerprint density at radius 2 is 2.10 bits per heavy atom. The van der Waals surface area contributed by atoms with Crippen molar-refractivity contribution < 1.29 is 9.32 Å². The predicted octanol–water partition coefficient (Wildman–Crippen LogP) is 2.00. The third kappa shape index (κ3) is 2.91. The molecule has 1 aliphatic heterocycles. The van der Waals surface area contributed by atoms with Crippen molar-refractivity contribution in [2.75, 3.05) is 26.2 Å². The van der Waals surface area contributed by atoms with Gasteiger partial charge in [0.15, 0.2) is 0 Å². The first-order valence-corrected chi connectivity index (χ1v) is 7.51. The standard InChI is InChI=1S/C14H17N3O2S/c1-11-2-3-13(20-11)14(18)17-7-5-16(6-8-17)10-12-4-9-19-15-12/h2-4,9H,5-8,10H2,1H3. The molecule has 0 spiro atoms. The van der Waals surface area contributed by atoms with Crippen LogP contribution >= 0.6 is 11.3 Å². The first-order chi connectivity index (χ1) is 9.72. The van der Waals surface area contributed by atoms with E-state index >= 15 is 0 Å². The number of piperazine rings is 1. The summed E-state index contributed by atoms with van der Waals surface area (Å²) in [5.74, 6) is 0.157. The molecule has 0 N–H and O–H groups in total. The van der Waals surface area contributed by atoms with Crippen molar-refractivity contribution in [3.05, 3.63) is 39.9 Å². The van der Waals surface area contributed by atoms with Crippen LogP contribution in [0.15, 0.2) is 29.0 Å². The Balaban J connectivity index is 1.54. The number of amides is 1. The van der Waals surface area contributed by atoms with Gasteiger partial charge in [-0.05, 0) is 19.1 Å². The van der Waals surface area contributed by atoms with Crippen molar-refractivity contribution in [3.63, 3.8) is 0 Å². The highest BCUT2D eigenvalue weighted by molar-refractivity contribution is 7.13. The van der Waals surface area contributed by atoms with Crippen LogP contribution in [0.25, 0.3) is 0 Å². The van der Waals surface area contributed by atoms with Gasteiger partial charge in [0.2, 0.25) is 0 Å². The highest BCUT2D eigenvalue weighted by Gasteiger charge is 2.23. The van der Waals surface area contributed by atoms with Crippen LogP contribution in [0.1, 0.15) is 20.2 Å². The average molecular weight is 291 g/mol. The Morgan fingerprint density at radius 1 is 1.30 bits per heavy atom. The fourth-order valence-electron chi connectivity index (χ4n) is 2.36. The SMILES string of the molecule is Cc1ccc(C(=O)N2CCN(Cc3ccon3)CC2)s1. The average Bonchev–Trinajstić information content (AvgIpc) is 3.10. The van der Waals surface area contributed by atoms with E-state index in [1.165, 1.54) is 4.88 Å². The maximum Gasteiger partial charge on any atom is 0.264 e. The molecule has 0 aliphatic carbocycles. The van der Waals surface area contributed by atoms with E-state index in [0.29, 0.717) is 0 Å². The van der Waals surface area contributed by atoms with Gasteiger partial charge in [-0.25, -0.2) is 0 Å². The number of hydrogen-bond acceptors (Lipinski definition) is 5. The van der Waals surface area contributed by atoms with Crippen LogP contribution in [0.4, 0.5) is 0 Å². The van der Waals surface area contributed by atoms with Crippen molar-refractivity contribution >= 4 is 17.2 Å². The zero-order valence-electron chi connectivity index (χ0n) is 11.4. The van der Waals surface area contributed by atoms with E-state index < -0.39 is 0 Å². The van der Waals surface area contributed by atoms with Crippen LogP contribution in [-0.2, 0) is 6.54 Å². The van der Waals surface area contributed by atoms with E-state index in [2.05, 4.69) is 10.1 Å². The molecule has 2 aromatic rings. The van der Waals surface area contributed by atoms with E-state index in [4.69, 9.17) is 4.52 Å². The van der Waals surface area contributed by atoms with Crippen molar-refractivity contribution in [1.29, 1.82) is 0 Å². The molecule has 1 amide bonds. The summed E-state index contributed by atoms with van der Waals surface area (Å²) in [5.41, 5.74) is 0.943. The number of aromatic nitrogens is 1. The lowest BCUT2D eigenvalue weighted by Crippen LogP contribution is -2.48. The first kappa shape index (κ1) is 13.3. The molecule has 2 aromatic heterocycles. The molecule has 1 saturated heterocycles. The van der Waals surface area contributed by atoms with Gasteiger partial charge < -0.3 is 9.42 Å². The lowest BCUT2D eigenvalue weighted by molar-refractivity contribution is 0.0630. The minimum absolute atomic E-state index is 0.157. The number of thiophene rings is 1. The van der Waals surface area contributed by atoms with E-state index in [9.17, 15) is 4.79 Å². The van der Waals surface area contributed by atoms with Crippen LogP contribution in [0, 0.1) is 6.92 Å². The molecule has 3 heterocycles. The van der Waals surface area contributed by atoms with Crippen LogP contribution in [0.2, 0.25) is 0 Å². The summed E-state index contributed by atoms with van der Waals surface area (Å²) in [6.45, 7) is 6.11. The Bertz CT molecular complexity index is 571. The number of hydrogen-bond donors (Lipinski definition) is 0. The Morgan fingerprint density at radius 3 is 2.70 bits per heavy atom. The molecule has 0 atom stereocenters. The molecule has 6 heteroatoms. The normalized spacial score (nSPS) is 16.6. The van der Waals surface area contributed by atoms with Crippen molar-refractivity contribution in [2.24, 2.45) is 0 Å². The van der Waals surface area contributed by atoms with Crippen molar-refractivity contribution in [1.82, 2.24) is 15.0 Å².